The SMILES string of the molecule is CCOC(=O)c1ccccc1NC(=O)C(Cc1cccc([N+](=O)[O-])c1)N1C(=O)c2ccccc2C1=O. The molecule has 0 aliphatic carbocycles. The highest BCUT2D eigenvalue weighted by molar-refractivity contribution is 6.23. The molecule has 0 bridgehead atoms. The summed E-state index contributed by atoms with van der Waals surface area (Å²) in [6.45, 7) is 1.78. The highest BCUT2D eigenvalue weighted by Gasteiger charge is 2.43. The zero-order chi connectivity index (χ0) is 25.8. The van der Waals surface area contributed by atoms with E-state index in [0.717, 1.165) is 4.90 Å². The summed E-state index contributed by atoms with van der Waals surface area (Å²) in [6, 6.07) is 16.7. The van der Waals surface area contributed by atoms with E-state index in [1.54, 1.807) is 37.3 Å². The van der Waals surface area contributed by atoms with Crippen molar-refractivity contribution in [1.82, 2.24) is 4.90 Å². The molecule has 1 aliphatic rings. The van der Waals surface area contributed by atoms with Gasteiger partial charge in [-0.25, -0.2) is 4.79 Å². The Bertz CT molecular complexity index is 1350. The van der Waals surface area contributed by atoms with Gasteiger partial charge in [0.25, 0.3) is 17.5 Å². The maximum atomic E-state index is 13.6. The number of non-ortho nitro benzene ring substituents is 1. The normalized spacial score (nSPS) is 13.2. The summed E-state index contributed by atoms with van der Waals surface area (Å²) >= 11 is 0. The van der Waals surface area contributed by atoms with Crippen molar-refractivity contribution in [2.45, 2.75) is 19.4 Å². The van der Waals surface area contributed by atoms with Crippen LogP contribution in [-0.4, -0.2) is 46.2 Å². The molecule has 1 atom stereocenters. The molecule has 36 heavy (non-hydrogen) atoms. The predicted molar refractivity (Wildman–Crippen MR) is 129 cm³/mol. The molecule has 1 heterocycles. The van der Waals surface area contributed by atoms with Crippen LogP contribution < -0.4 is 5.32 Å². The third kappa shape index (κ3) is 4.69. The van der Waals surface area contributed by atoms with Gasteiger partial charge >= 0.3 is 5.97 Å². The van der Waals surface area contributed by atoms with Crippen LogP contribution in [0.25, 0.3) is 0 Å². The molecule has 3 aromatic rings. The predicted octanol–water partition coefficient (Wildman–Crippen LogP) is 3.62. The van der Waals surface area contributed by atoms with Crippen LogP contribution in [0.3, 0.4) is 0 Å². The highest BCUT2D eigenvalue weighted by Crippen LogP contribution is 2.28. The minimum Gasteiger partial charge on any atom is -0.462 e. The first kappa shape index (κ1) is 24.3. The fraction of sp³-hybridized carbons (Fsp3) is 0.154. The van der Waals surface area contributed by atoms with Crippen LogP contribution >= 0.6 is 0 Å². The minimum atomic E-state index is -1.35. The van der Waals surface area contributed by atoms with Crippen LogP contribution in [0.1, 0.15) is 43.6 Å². The minimum absolute atomic E-state index is 0.101. The van der Waals surface area contributed by atoms with Gasteiger partial charge < -0.3 is 10.1 Å². The Balaban J connectivity index is 1.72. The van der Waals surface area contributed by atoms with E-state index in [-0.39, 0.29) is 41.1 Å². The lowest BCUT2D eigenvalue weighted by Gasteiger charge is -2.26. The average Bonchev–Trinajstić information content (AvgIpc) is 3.13. The number of anilines is 1. The summed E-state index contributed by atoms with van der Waals surface area (Å²) in [4.78, 5) is 63.8. The van der Waals surface area contributed by atoms with E-state index in [2.05, 4.69) is 5.32 Å². The molecule has 3 amide bonds. The van der Waals surface area contributed by atoms with E-state index < -0.39 is 34.7 Å². The molecular weight excluding hydrogens is 466 g/mol. The third-order valence-corrected chi connectivity index (χ3v) is 5.67. The van der Waals surface area contributed by atoms with Gasteiger partial charge in [-0.1, -0.05) is 36.4 Å². The zero-order valence-corrected chi connectivity index (χ0v) is 19.2. The summed E-state index contributed by atoms with van der Waals surface area (Å²) in [5.41, 5.74) is 0.740. The summed E-state index contributed by atoms with van der Waals surface area (Å²) < 4.78 is 5.05. The highest BCUT2D eigenvalue weighted by atomic mass is 16.6. The smallest absolute Gasteiger partial charge is 0.340 e. The number of fused-ring (bicyclic) bond motifs is 1. The van der Waals surface area contributed by atoms with Crippen LogP contribution in [-0.2, 0) is 16.0 Å². The number of hydrogen-bond acceptors (Lipinski definition) is 7. The van der Waals surface area contributed by atoms with E-state index in [0.29, 0.717) is 5.56 Å². The number of nitro benzene ring substituents is 1. The molecule has 0 saturated carbocycles. The molecule has 10 nitrogen and oxygen atoms in total. The van der Waals surface area contributed by atoms with Crippen molar-refractivity contribution in [3.63, 3.8) is 0 Å². The second kappa shape index (κ2) is 10.2. The second-order valence-corrected chi connectivity index (χ2v) is 7.93. The molecule has 0 aromatic heterocycles. The summed E-state index contributed by atoms with van der Waals surface area (Å²) in [5.74, 6) is -2.70. The number of esters is 1. The van der Waals surface area contributed by atoms with Gasteiger partial charge in [-0.05, 0) is 36.8 Å². The summed E-state index contributed by atoms with van der Waals surface area (Å²) in [7, 11) is 0. The first-order chi connectivity index (χ1) is 17.3. The first-order valence-electron chi connectivity index (χ1n) is 11.1. The molecule has 0 radical (unpaired) electrons. The topological polar surface area (TPSA) is 136 Å². The summed E-state index contributed by atoms with van der Waals surface area (Å²) in [6.07, 6.45) is -0.180. The van der Waals surface area contributed by atoms with Gasteiger partial charge in [0.05, 0.1) is 33.9 Å². The molecule has 182 valence electrons. The third-order valence-electron chi connectivity index (χ3n) is 5.67. The number of rotatable bonds is 8. The van der Waals surface area contributed by atoms with Crippen molar-refractivity contribution in [3.05, 3.63) is 105 Å². The second-order valence-electron chi connectivity index (χ2n) is 7.93. The van der Waals surface area contributed by atoms with E-state index in [9.17, 15) is 29.3 Å². The van der Waals surface area contributed by atoms with E-state index in [1.165, 1.54) is 42.5 Å². The Hall–Kier alpha value is -4.86. The molecule has 0 spiro atoms. The van der Waals surface area contributed by atoms with Gasteiger partial charge in [-0.2, -0.15) is 0 Å². The average molecular weight is 487 g/mol. The van der Waals surface area contributed by atoms with Gasteiger partial charge in [0.2, 0.25) is 5.91 Å². The van der Waals surface area contributed by atoms with Gasteiger partial charge in [0.15, 0.2) is 0 Å². The number of imide groups is 1. The monoisotopic (exact) mass is 487 g/mol. The number of nitro groups is 1. The van der Waals surface area contributed by atoms with Crippen molar-refractivity contribution in [2.75, 3.05) is 11.9 Å². The van der Waals surface area contributed by atoms with Crippen molar-refractivity contribution in [3.8, 4) is 0 Å². The zero-order valence-electron chi connectivity index (χ0n) is 19.2. The van der Waals surface area contributed by atoms with Crippen LogP contribution in [0.4, 0.5) is 11.4 Å². The number of nitrogens with one attached hydrogen (secondary N) is 1. The Labute approximate surface area is 205 Å². The molecule has 3 aromatic carbocycles. The van der Waals surface area contributed by atoms with Crippen molar-refractivity contribution in [2.24, 2.45) is 0 Å². The maximum Gasteiger partial charge on any atom is 0.340 e. The number of benzene rings is 3. The lowest BCUT2D eigenvalue weighted by atomic mass is 10.0. The van der Waals surface area contributed by atoms with Crippen LogP contribution in [0, 0.1) is 10.1 Å². The number of carbonyl (C=O) groups excluding carboxylic acids is 4. The van der Waals surface area contributed by atoms with Crippen molar-refractivity contribution in [1.29, 1.82) is 0 Å². The van der Waals surface area contributed by atoms with Crippen LogP contribution in [0.15, 0.2) is 72.8 Å². The number of nitrogens with zero attached hydrogens (tertiary/aromatic N) is 2. The number of para-hydroxylation sites is 1. The lowest BCUT2D eigenvalue weighted by molar-refractivity contribution is -0.384. The van der Waals surface area contributed by atoms with E-state index >= 15 is 0 Å². The first-order valence-corrected chi connectivity index (χ1v) is 11.1. The largest absolute Gasteiger partial charge is 0.462 e. The van der Waals surface area contributed by atoms with Crippen molar-refractivity contribution >= 4 is 35.1 Å². The van der Waals surface area contributed by atoms with E-state index in [1.807, 2.05) is 0 Å². The van der Waals surface area contributed by atoms with E-state index in [4.69, 9.17) is 4.74 Å². The van der Waals surface area contributed by atoms with Crippen LogP contribution in [0.2, 0.25) is 0 Å². The number of hydrogen-bond donors (Lipinski definition) is 1. The quantitative estimate of drug-likeness (QED) is 0.222. The fourth-order valence-corrected chi connectivity index (χ4v) is 4.01. The van der Waals surface area contributed by atoms with Gasteiger partial charge in [-0.15, -0.1) is 0 Å². The Morgan fingerprint density at radius 3 is 2.25 bits per heavy atom. The molecule has 10 heteroatoms. The maximum absolute atomic E-state index is 13.6. The number of ether oxygens (including phenoxy) is 1. The Kier molecular flexibility index (Phi) is 6.86. The number of carbonyl (C=O) groups is 4. The molecule has 1 aliphatic heterocycles. The molecule has 0 fully saturated rings. The number of amides is 3. The van der Waals surface area contributed by atoms with Gasteiger partial charge in [-0.3, -0.25) is 29.4 Å². The van der Waals surface area contributed by atoms with Gasteiger partial charge in [0, 0.05) is 18.6 Å². The molecule has 4 rings (SSSR count). The van der Waals surface area contributed by atoms with Crippen molar-refractivity contribution < 1.29 is 28.8 Å². The summed E-state index contributed by atoms with van der Waals surface area (Å²) in [5, 5.41) is 13.9. The molecular formula is C26H21N3O7. The Morgan fingerprint density at radius 1 is 0.972 bits per heavy atom. The Morgan fingerprint density at radius 2 is 1.61 bits per heavy atom. The molecule has 0 saturated heterocycles. The molecule has 1 unspecified atom stereocenters. The molecule has 1 N–H and O–H groups in total. The van der Waals surface area contributed by atoms with Crippen LogP contribution in [0.5, 0.6) is 0 Å². The fourth-order valence-electron chi connectivity index (χ4n) is 4.01. The standard InChI is InChI=1S/C26H21N3O7/c1-2-36-26(33)20-12-5-6-13-21(20)27-23(30)22(15-16-8-7-9-17(14-16)29(34)35)28-24(31)18-10-3-4-11-19(18)25(28)32/h3-14,22H,2,15H2,1H3,(H,27,30). The lowest BCUT2D eigenvalue weighted by Crippen LogP contribution is -2.48. The van der Waals surface area contributed by atoms with Gasteiger partial charge in [0.1, 0.15) is 6.04 Å².